The molecule has 6 atom stereocenters. The first-order valence-electron chi connectivity index (χ1n) is 18.2. The van der Waals surface area contributed by atoms with E-state index in [1.807, 2.05) is 30.9 Å². The van der Waals surface area contributed by atoms with Gasteiger partial charge >= 0.3 is 6.03 Å². The summed E-state index contributed by atoms with van der Waals surface area (Å²) < 4.78 is 22.2. The predicted octanol–water partition coefficient (Wildman–Crippen LogP) is 1.74. The molecule has 1 aromatic carbocycles. The lowest BCUT2D eigenvalue weighted by Gasteiger charge is -2.27. The number of rotatable bonds is 23. The Morgan fingerprint density at radius 1 is 0.922 bits per heavy atom. The van der Waals surface area contributed by atoms with Gasteiger partial charge in [0.15, 0.2) is 0 Å². The lowest BCUT2D eigenvalue weighted by molar-refractivity contribution is -0.125. The van der Waals surface area contributed by atoms with Crippen molar-refractivity contribution in [3.8, 4) is 5.75 Å². The largest absolute Gasteiger partial charge is 0.507 e. The van der Waals surface area contributed by atoms with Crippen molar-refractivity contribution in [3.63, 3.8) is 0 Å². The molecule has 5 N–H and O–H groups in total. The average molecular weight is 751 g/mol. The lowest BCUT2D eigenvalue weighted by atomic mass is 10.0. The number of hydrogen-bond donors (Lipinski definition) is 5. The van der Waals surface area contributed by atoms with Crippen LogP contribution in [-0.4, -0.2) is 153 Å². The van der Waals surface area contributed by atoms with Gasteiger partial charge in [0.05, 0.1) is 77.0 Å². The highest BCUT2D eigenvalue weighted by molar-refractivity contribution is 8.14. The van der Waals surface area contributed by atoms with Crippen LogP contribution in [0.15, 0.2) is 29.3 Å². The van der Waals surface area contributed by atoms with Gasteiger partial charge in [-0.25, -0.2) is 4.79 Å². The van der Waals surface area contributed by atoms with Crippen LogP contribution >= 0.6 is 23.5 Å². The molecule has 51 heavy (non-hydrogen) atoms. The van der Waals surface area contributed by atoms with Gasteiger partial charge in [0, 0.05) is 47.9 Å². The smallest absolute Gasteiger partial charge is 0.315 e. The molecular formula is C35H54N6O8S2. The third-order valence-corrected chi connectivity index (χ3v) is 12.2. The third-order valence-electron chi connectivity index (χ3n) is 9.62. The molecule has 3 fully saturated rings. The number of amides is 4. The van der Waals surface area contributed by atoms with Crippen LogP contribution in [0.4, 0.5) is 4.79 Å². The maximum Gasteiger partial charge on any atom is 0.315 e. The van der Waals surface area contributed by atoms with Gasteiger partial charge in [0.2, 0.25) is 11.8 Å². The number of nitrogens with one attached hydrogen (secondary N) is 4. The molecule has 3 saturated heterocycles. The maximum atomic E-state index is 12.9. The molecule has 14 nitrogen and oxygen atoms in total. The molecule has 0 saturated carbocycles. The number of fused-ring (bicyclic) bond motifs is 1. The number of carbonyl (C=O) groups is 3. The quantitative estimate of drug-likeness (QED) is 0.0816. The summed E-state index contributed by atoms with van der Waals surface area (Å²) in [5.74, 6) is 2.10. The van der Waals surface area contributed by atoms with Crippen molar-refractivity contribution in [2.75, 3.05) is 84.5 Å². The summed E-state index contributed by atoms with van der Waals surface area (Å²) in [4.78, 5) is 43.5. The molecule has 0 bridgehead atoms. The molecule has 1 aromatic rings. The fraction of sp³-hybridized carbons (Fsp3) is 0.714. The number of phenols is 1. The van der Waals surface area contributed by atoms with Gasteiger partial charge in [-0.2, -0.15) is 11.8 Å². The minimum absolute atomic E-state index is 0.0144. The number of unbranched alkanes of at least 4 members (excludes halogenated alkanes) is 1. The van der Waals surface area contributed by atoms with Crippen molar-refractivity contribution >= 4 is 46.4 Å². The van der Waals surface area contributed by atoms with E-state index in [4.69, 9.17) is 23.9 Å². The van der Waals surface area contributed by atoms with Gasteiger partial charge in [-0.05, 0) is 44.9 Å². The zero-order chi connectivity index (χ0) is 35.8. The number of likely N-dealkylation sites (tertiary alicyclic amines) is 1. The number of para-hydroxylation sites is 1. The number of benzene rings is 1. The highest BCUT2D eigenvalue weighted by Gasteiger charge is 2.43. The van der Waals surface area contributed by atoms with Crippen LogP contribution in [-0.2, 0) is 28.5 Å². The molecule has 0 aromatic heterocycles. The molecule has 0 spiro atoms. The SMILES string of the molecule is CN1[C@@H](C(=O)NCCOCCOCCOCCOCCNC(=O)CCCC[C@@H]2SC[C@@H]3NC(=O)N[C@@H]32)CC[C@@H]1[C@@H]1CSC(c2ccccc2O)=N1. The average Bonchev–Trinajstić information content (AvgIpc) is 3.91. The van der Waals surface area contributed by atoms with Crippen molar-refractivity contribution < 1.29 is 38.4 Å². The van der Waals surface area contributed by atoms with E-state index in [2.05, 4.69) is 26.2 Å². The highest BCUT2D eigenvalue weighted by Crippen LogP contribution is 2.35. The molecule has 16 heteroatoms. The number of aliphatic imine (C=N–C) groups is 1. The van der Waals surface area contributed by atoms with Crippen molar-refractivity contribution in [2.45, 2.75) is 74.0 Å². The number of ether oxygens (including phenoxy) is 4. The third kappa shape index (κ3) is 12.2. The number of thioether (sulfide) groups is 2. The second kappa shape index (κ2) is 21.2. The van der Waals surface area contributed by atoms with E-state index in [1.165, 1.54) is 0 Å². The van der Waals surface area contributed by atoms with E-state index in [1.54, 1.807) is 23.9 Å². The van der Waals surface area contributed by atoms with Crippen LogP contribution in [0.2, 0.25) is 0 Å². The van der Waals surface area contributed by atoms with Crippen molar-refractivity contribution in [1.29, 1.82) is 0 Å². The second-order valence-corrected chi connectivity index (χ2v) is 15.4. The molecule has 4 aliphatic rings. The minimum Gasteiger partial charge on any atom is -0.507 e. The molecule has 0 aliphatic carbocycles. The summed E-state index contributed by atoms with van der Waals surface area (Å²) >= 11 is 3.56. The van der Waals surface area contributed by atoms with Gasteiger partial charge in [0.25, 0.3) is 0 Å². The van der Waals surface area contributed by atoms with Crippen molar-refractivity contribution in [1.82, 2.24) is 26.2 Å². The molecule has 0 radical (unpaired) electrons. The number of carbonyl (C=O) groups excluding carboxylic acids is 3. The molecule has 4 amide bonds. The van der Waals surface area contributed by atoms with Crippen LogP contribution < -0.4 is 21.3 Å². The molecule has 4 aliphatic heterocycles. The normalized spacial score (nSPS) is 25.7. The Kier molecular flexibility index (Phi) is 16.5. The van der Waals surface area contributed by atoms with E-state index in [-0.39, 0.29) is 53.8 Å². The first-order valence-corrected chi connectivity index (χ1v) is 20.2. The van der Waals surface area contributed by atoms with Gasteiger partial charge in [-0.15, -0.1) is 11.8 Å². The van der Waals surface area contributed by atoms with E-state index >= 15 is 0 Å². The predicted molar refractivity (Wildman–Crippen MR) is 199 cm³/mol. The van der Waals surface area contributed by atoms with Gasteiger partial charge in [-0.3, -0.25) is 19.5 Å². The first-order chi connectivity index (χ1) is 24.9. The van der Waals surface area contributed by atoms with Gasteiger partial charge < -0.3 is 45.3 Å². The summed E-state index contributed by atoms with van der Waals surface area (Å²) in [7, 11) is 2.00. The van der Waals surface area contributed by atoms with E-state index in [9.17, 15) is 19.5 Å². The Bertz CT molecular complexity index is 1310. The summed E-state index contributed by atoms with van der Waals surface area (Å²) in [6.45, 7) is 4.45. The molecule has 5 rings (SSSR count). The van der Waals surface area contributed by atoms with Crippen LogP contribution in [0.1, 0.15) is 44.1 Å². The fourth-order valence-electron chi connectivity index (χ4n) is 6.89. The topological polar surface area (TPSA) is 172 Å². The minimum atomic E-state index is -0.183. The number of hydrogen-bond acceptors (Lipinski definition) is 12. The Morgan fingerprint density at radius 2 is 1.61 bits per heavy atom. The lowest BCUT2D eigenvalue weighted by Crippen LogP contribution is -2.47. The van der Waals surface area contributed by atoms with E-state index < -0.39 is 0 Å². The summed E-state index contributed by atoms with van der Waals surface area (Å²) in [6, 6.07) is 7.79. The molecular weight excluding hydrogens is 697 g/mol. The Morgan fingerprint density at radius 3 is 2.33 bits per heavy atom. The van der Waals surface area contributed by atoms with Crippen LogP contribution in [0, 0.1) is 0 Å². The fourth-order valence-corrected chi connectivity index (χ4v) is 9.59. The molecule has 0 unspecified atom stereocenters. The maximum absolute atomic E-state index is 12.9. The number of urea groups is 1. The first kappa shape index (κ1) is 39.6. The zero-order valence-corrected chi connectivity index (χ0v) is 31.2. The summed E-state index contributed by atoms with van der Waals surface area (Å²) in [5, 5.41) is 23.3. The number of phenolic OH excluding ortho intramolecular Hbond substituents is 1. The number of aromatic hydroxyl groups is 1. The zero-order valence-electron chi connectivity index (χ0n) is 29.5. The van der Waals surface area contributed by atoms with Crippen LogP contribution in [0.3, 0.4) is 0 Å². The monoisotopic (exact) mass is 750 g/mol. The standard InChI is InChI=1S/C35H54N6O8S2/c1-41-27(25-22-51-34(38-25)24-6-2-3-7-29(24)42)10-11-28(41)33(44)37-13-15-47-17-19-49-21-20-48-18-16-46-14-12-36-31(43)9-5-4-8-30-32-26(23-50-30)39-35(45)40-32/h2-3,6-7,25-28,30,32,42H,4-5,8-23H2,1H3,(H,36,43)(H,37,44)(H2,39,40,45)/t25-,26-,27+,28+,30-,32-/m0/s1. The summed E-state index contributed by atoms with van der Waals surface area (Å²) in [6.07, 6.45) is 5.02. The van der Waals surface area contributed by atoms with Crippen molar-refractivity contribution in [3.05, 3.63) is 29.8 Å². The van der Waals surface area contributed by atoms with E-state index in [0.717, 1.165) is 54.2 Å². The van der Waals surface area contributed by atoms with E-state index in [0.29, 0.717) is 77.6 Å². The molecule has 4 heterocycles. The summed E-state index contributed by atoms with van der Waals surface area (Å²) in [5.41, 5.74) is 0.771. The number of nitrogens with zero attached hydrogens (tertiary/aromatic N) is 2. The Labute approximate surface area is 309 Å². The van der Waals surface area contributed by atoms with Gasteiger partial charge in [0.1, 0.15) is 10.8 Å². The number of likely N-dealkylation sites (N-methyl/N-ethyl adjacent to an activating group) is 1. The Hall–Kier alpha value is -2.60. The van der Waals surface area contributed by atoms with Crippen LogP contribution in [0.25, 0.3) is 0 Å². The van der Waals surface area contributed by atoms with Crippen molar-refractivity contribution in [2.24, 2.45) is 4.99 Å². The second-order valence-electron chi connectivity index (χ2n) is 13.1. The highest BCUT2D eigenvalue weighted by atomic mass is 32.2. The van der Waals surface area contributed by atoms with Gasteiger partial charge in [-0.1, -0.05) is 18.6 Å². The Balaban J connectivity index is 0.770. The van der Waals surface area contributed by atoms with Crippen LogP contribution in [0.5, 0.6) is 5.75 Å². The molecule has 284 valence electrons.